The summed E-state index contributed by atoms with van der Waals surface area (Å²) in [6.07, 6.45) is 2.66. The second-order valence-corrected chi connectivity index (χ2v) is 5.64. The minimum absolute atomic E-state index is 0.123. The van der Waals surface area contributed by atoms with Crippen molar-refractivity contribution in [3.8, 4) is 0 Å². The molecule has 1 aliphatic rings. The van der Waals surface area contributed by atoms with E-state index in [9.17, 15) is 4.79 Å². The van der Waals surface area contributed by atoms with Gasteiger partial charge in [-0.05, 0) is 50.8 Å². The molecule has 0 heterocycles. The van der Waals surface area contributed by atoms with Crippen LogP contribution in [0.25, 0.3) is 0 Å². The van der Waals surface area contributed by atoms with Crippen LogP contribution in [0.1, 0.15) is 31.4 Å². The summed E-state index contributed by atoms with van der Waals surface area (Å²) in [5, 5.41) is 0. The van der Waals surface area contributed by atoms with E-state index in [4.69, 9.17) is 5.73 Å². The zero-order valence-electron chi connectivity index (χ0n) is 11.9. The zero-order chi connectivity index (χ0) is 13.8. The number of nitrogens with two attached hydrogens (primary N) is 1. The Labute approximate surface area is 115 Å². The normalized spacial score (nSPS) is 14.7. The number of benzene rings is 1. The molecule has 104 valence electrons. The van der Waals surface area contributed by atoms with Gasteiger partial charge in [0.25, 0.3) is 0 Å². The lowest BCUT2D eigenvalue weighted by atomic mass is 10.0. The Morgan fingerprint density at radius 3 is 2.37 bits per heavy atom. The van der Waals surface area contributed by atoms with E-state index in [0.29, 0.717) is 12.5 Å². The Kier molecular flexibility index (Phi) is 4.59. The van der Waals surface area contributed by atoms with Gasteiger partial charge in [0, 0.05) is 18.5 Å². The van der Waals surface area contributed by atoms with E-state index in [0.717, 1.165) is 25.8 Å². The summed E-state index contributed by atoms with van der Waals surface area (Å²) in [6.45, 7) is 5.58. The molecule has 19 heavy (non-hydrogen) atoms. The van der Waals surface area contributed by atoms with Crippen molar-refractivity contribution in [3.63, 3.8) is 0 Å². The highest BCUT2D eigenvalue weighted by atomic mass is 16.2. The van der Waals surface area contributed by atoms with Crippen molar-refractivity contribution in [2.24, 2.45) is 11.7 Å². The lowest BCUT2D eigenvalue weighted by Crippen LogP contribution is -2.42. The number of carbonyl (C=O) groups is 1. The Morgan fingerprint density at radius 1 is 1.32 bits per heavy atom. The molecule has 0 spiro atoms. The molecular formula is C16H24N2O. The van der Waals surface area contributed by atoms with Crippen molar-refractivity contribution < 1.29 is 4.79 Å². The van der Waals surface area contributed by atoms with Gasteiger partial charge in [-0.25, -0.2) is 0 Å². The van der Waals surface area contributed by atoms with Gasteiger partial charge in [0.1, 0.15) is 0 Å². The maximum absolute atomic E-state index is 12.6. The molecule has 1 aliphatic carbocycles. The number of carbonyl (C=O) groups excluding carboxylic acids is 1. The molecule has 3 nitrogen and oxygen atoms in total. The summed E-state index contributed by atoms with van der Waals surface area (Å²) >= 11 is 0. The third-order valence-electron chi connectivity index (χ3n) is 3.91. The van der Waals surface area contributed by atoms with Gasteiger partial charge in [0.15, 0.2) is 0 Å². The van der Waals surface area contributed by atoms with Gasteiger partial charge in [0.05, 0.1) is 0 Å². The van der Waals surface area contributed by atoms with Crippen molar-refractivity contribution in [2.75, 3.05) is 13.1 Å². The molecule has 1 aromatic carbocycles. The Morgan fingerprint density at radius 2 is 1.89 bits per heavy atom. The topological polar surface area (TPSA) is 46.3 Å². The van der Waals surface area contributed by atoms with Gasteiger partial charge in [0.2, 0.25) is 5.91 Å². The fourth-order valence-corrected chi connectivity index (χ4v) is 2.85. The van der Waals surface area contributed by atoms with Crippen LogP contribution in [0.4, 0.5) is 0 Å². The van der Waals surface area contributed by atoms with E-state index in [1.807, 2.05) is 4.90 Å². The van der Waals surface area contributed by atoms with Crippen molar-refractivity contribution in [1.82, 2.24) is 4.90 Å². The molecule has 0 aliphatic heterocycles. The highest BCUT2D eigenvalue weighted by Gasteiger charge is 2.31. The Bertz CT molecular complexity index is 417. The van der Waals surface area contributed by atoms with Crippen LogP contribution in [-0.4, -0.2) is 29.9 Å². The molecule has 0 saturated carbocycles. The second kappa shape index (κ2) is 6.20. The smallest absolute Gasteiger partial charge is 0.226 e. The molecule has 3 heteroatoms. The van der Waals surface area contributed by atoms with Gasteiger partial charge in [-0.2, -0.15) is 0 Å². The highest BCUT2D eigenvalue weighted by Crippen LogP contribution is 2.28. The first kappa shape index (κ1) is 14.1. The van der Waals surface area contributed by atoms with Crippen LogP contribution in [-0.2, 0) is 17.6 Å². The first-order valence-corrected chi connectivity index (χ1v) is 7.20. The van der Waals surface area contributed by atoms with Crippen molar-refractivity contribution >= 4 is 5.91 Å². The maximum atomic E-state index is 12.6. The van der Waals surface area contributed by atoms with Crippen molar-refractivity contribution in [1.29, 1.82) is 0 Å². The van der Waals surface area contributed by atoms with Crippen LogP contribution in [0.3, 0.4) is 0 Å². The molecule has 0 aromatic heterocycles. The first-order chi connectivity index (χ1) is 9.13. The summed E-state index contributed by atoms with van der Waals surface area (Å²) in [7, 11) is 0. The van der Waals surface area contributed by atoms with Gasteiger partial charge in [-0.15, -0.1) is 0 Å². The number of rotatable bonds is 5. The number of hydrogen-bond donors (Lipinski definition) is 1. The van der Waals surface area contributed by atoms with E-state index < -0.39 is 0 Å². The summed E-state index contributed by atoms with van der Waals surface area (Å²) in [5.41, 5.74) is 8.23. The van der Waals surface area contributed by atoms with Gasteiger partial charge in [-0.1, -0.05) is 24.3 Å². The summed E-state index contributed by atoms with van der Waals surface area (Å²) in [5.74, 6) is 0.414. The molecule has 1 aromatic rings. The third kappa shape index (κ3) is 3.16. The zero-order valence-corrected chi connectivity index (χ0v) is 11.9. The number of fused-ring (bicyclic) bond motifs is 1. The molecule has 0 fully saturated rings. The van der Waals surface area contributed by atoms with E-state index >= 15 is 0 Å². The molecule has 0 atom stereocenters. The van der Waals surface area contributed by atoms with Crippen LogP contribution < -0.4 is 5.73 Å². The molecule has 0 saturated heterocycles. The average Bonchev–Trinajstić information content (AvgIpc) is 2.82. The quantitative estimate of drug-likeness (QED) is 0.880. The Balaban J connectivity index is 2.04. The minimum atomic E-state index is 0.123. The molecule has 1 amide bonds. The average molecular weight is 260 g/mol. The van der Waals surface area contributed by atoms with E-state index in [1.54, 1.807) is 0 Å². The second-order valence-electron chi connectivity index (χ2n) is 5.64. The molecule has 0 bridgehead atoms. The molecule has 0 radical (unpaired) electrons. The maximum Gasteiger partial charge on any atom is 0.226 e. The lowest BCUT2D eigenvalue weighted by molar-refractivity contribution is -0.137. The summed E-state index contributed by atoms with van der Waals surface area (Å²) in [4.78, 5) is 14.6. The highest BCUT2D eigenvalue weighted by molar-refractivity contribution is 5.80. The van der Waals surface area contributed by atoms with E-state index in [1.165, 1.54) is 11.1 Å². The first-order valence-electron chi connectivity index (χ1n) is 7.20. The monoisotopic (exact) mass is 260 g/mol. The lowest BCUT2D eigenvalue weighted by Gasteiger charge is -2.29. The summed E-state index contributed by atoms with van der Waals surface area (Å²) < 4.78 is 0. The van der Waals surface area contributed by atoms with Crippen LogP contribution >= 0.6 is 0 Å². The SMILES string of the molecule is CC(C)N(CCCN)C(=O)C1Cc2ccccc2C1. The van der Waals surface area contributed by atoms with Crippen LogP contribution in [0, 0.1) is 5.92 Å². The van der Waals surface area contributed by atoms with E-state index in [2.05, 4.69) is 38.1 Å². The molecule has 2 rings (SSSR count). The summed E-state index contributed by atoms with van der Waals surface area (Å²) in [6, 6.07) is 8.65. The number of hydrogen-bond acceptors (Lipinski definition) is 2. The third-order valence-corrected chi connectivity index (χ3v) is 3.91. The Hall–Kier alpha value is -1.35. The molecular weight excluding hydrogens is 236 g/mol. The molecule has 2 N–H and O–H groups in total. The fourth-order valence-electron chi connectivity index (χ4n) is 2.85. The molecule has 0 unspecified atom stereocenters. The standard InChI is InChI=1S/C16H24N2O/c1-12(2)18(9-5-8-17)16(19)15-10-13-6-3-4-7-14(13)11-15/h3-4,6-7,12,15H,5,8-11,17H2,1-2H3. The number of amides is 1. The largest absolute Gasteiger partial charge is 0.340 e. The van der Waals surface area contributed by atoms with Crippen LogP contribution in [0.15, 0.2) is 24.3 Å². The van der Waals surface area contributed by atoms with Crippen molar-refractivity contribution in [3.05, 3.63) is 35.4 Å². The number of nitrogens with zero attached hydrogens (tertiary/aromatic N) is 1. The van der Waals surface area contributed by atoms with Gasteiger partial charge >= 0.3 is 0 Å². The predicted octanol–water partition coefficient (Wildman–Crippen LogP) is 1.99. The van der Waals surface area contributed by atoms with Gasteiger partial charge in [-0.3, -0.25) is 4.79 Å². The van der Waals surface area contributed by atoms with Gasteiger partial charge < -0.3 is 10.6 Å². The van der Waals surface area contributed by atoms with Crippen LogP contribution in [0.2, 0.25) is 0 Å². The fraction of sp³-hybridized carbons (Fsp3) is 0.562. The minimum Gasteiger partial charge on any atom is -0.340 e. The van der Waals surface area contributed by atoms with E-state index in [-0.39, 0.29) is 12.0 Å². The van der Waals surface area contributed by atoms with Crippen LogP contribution in [0.5, 0.6) is 0 Å². The van der Waals surface area contributed by atoms with Crippen molar-refractivity contribution in [2.45, 2.75) is 39.2 Å². The predicted molar refractivity (Wildman–Crippen MR) is 77.9 cm³/mol.